The quantitative estimate of drug-likeness (QED) is 0.260. The van der Waals surface area contributed by atoms with Gasteiger partial charge in [-0.2, -0.15) is 4.98 Å². The number of nitrogens with zero attached hydrogens (tertiary/aromatic N) is 4. The van der Waals surface area contributed by atoms with Crippen LogP contribution in [0.1, 0.15) is 18.9 Å². The van der Waals surface area contributed by atoms with Crippen LogP contribution >= 0.6 is 22.9 Å². The summed E-state index contributed by atoms with van der Waals surface area (Å²) in [6.45, 7) is 4.31. The van der Waals surface area contributed by atoms with Crippen molar-refractivity contribution in [1.82, 2.24) is 24.8 Å². The Balaban J connectivity index is 1.32. The summed E-state index contributed by atoms with van der Waals surface area (Å²) in [4.78, 5) is 27.1. The predicted molar refractivity (Wildman–Crippen MR) is 156 cm³/mol. The van der Waals surface area contributed by atoms with E-state index in [1.54, 1.807) is 16.3 Å². The number of fused-ring (bicyclic) bond motifs is 1. The van der Waals surface area contributed by atoms with Gasteiger partial charge in [-0.05, 0) is 55.3 Å². The monoisotopic (exact) mass is 540 g/mol. The third-order valence-corrected chi connectivity index (χ3v) is 7.61. The molecule has 0 saturated carbocycles. The minimum Gasteiger partial charge on any atom is -0.324 e. The number of nitrogens with one attached hydrogen (secondary N) is 2. The first kappa shape index (κ1) is 24.5. The van der Waals surface area contributed by atoms with Gasteiger partial charge in [0, 0.05) is 57.5 Å². The molecule has 0 fully saturated rings. The van der Waals surface area contributed by atoms with E-state index < -0.39 is 0 Å². The Morgan fingerprint density at radius 1 is 1.08 bits per heavy atom. The second kappa shape index (κ2) is 10.5. The SMILES string of the molecule is CCn1c(=O)c(-c2ccc(-c3cscn3)cc2Cl)cc2cnc(Nc3ccc(C4=CCNCC4)cc3)nc21. The van der Waals surface area contributed by atoms with Crippen LogP contribution in [0.25, 0.3) is 39.0 Å². The van der Waals surface area contributed by atoms with Crippen molar-refractivity contribution in [3.63, 3.8) is 0 Å². The topological polar surface area (TPSA) is 84.7 Å². The molecule has 0 bridgehead atoms. The van der Waals surface area contributed by atoms with Gasteiger partial charge in [-0.25, -0.2) is 9.97 Å². The van der Waals surface area contributed by atoms with Crippen molar-refractivity contribution < 1.29 is 0 Å². The van der Waals surface area contributed by atoms with Gasteiger partial charge in [-0.15, -0.1) is 11.3 Å². The number of anilines is 2. The van der Waals surface area contributed by atoms with Crippen LogP contribution in [-0.2, 0) is 6.54 Å². The Hall–Kier alpha value is -3.85. The van der Waals surface area contributed by atoms with E-state index in [1.165, 1.54) is 22.5 Å². The Morgan fingerprint density at radius 3 is 2.63 bits per heavy atom. The molecule has 0 atom stereocenters. The van der Waals surface area contributed by atoms with Crippen molar-refractivity contribution in [1.29, 1.82) is 0 Å². The van der Waals surface area contributed by atoms with E-state index in [1.807, 2.05) is 48.7 Å². The zero-order valence-corrected chi connectivity index (χ0v) is 22.3. The molecule has 38 heavy (non-hydrogen) atoms. The standard InChI is InChI=1S/C29H25ClN6OS/c1-2-36-27-21(13-24(28(36)37)23-8-5-20(14-25(23)30)26-16-38-17-33-26)15-32-29(35-27)34-22-6-3-18(4-7-22)19-9-11-31-12-10-19/h3-9,13-17,31H,2,10-12H2,1H3,(H,32,34,35). The van der Waals surface area contributed by atoms with Crippen LogP contribution < -0.4 is 16.2 Å². The van der Waals surface area contributed by atoms with Crippen molar-refractivity contribution in [2.24, 2.45) is 0 Å². The number of aryl methyl sites for hydroxylation is 1. The average Bonchev–Trinajstić information content (AvgIpc) is 3.49. The van der Waals surface area contributed by atoms with Gasteiger partial charge in [-0.3, -0.25) is 9.36 Å². The van der Waals surface area contributed by atoms with E-state index >= 15 is 0 Å². The molecule has 0 amide bonds. The van der Waals surface area contributed by atoms with Crippen LogP contribution in [0.2, 0.25) is 5.02 Å². The van der Waals surface area contributed by atoms with E-state index in [2.05, 4.69) is 38.8 Å². The minimum absolute atomic E-state index is 0.146. The fraction of sp³-hybridized carbons (Fsp3) is 0.172. The van der Waals surface area contributed by atoms with Crippen molar-refractivity contribution >= 4 is 51.2 Å². The predicted octanol–water partition coefficient (Wildman–Crippen LogP) is 6.38. The third-order valence-electron chi connectivity index (χ3n) is 6.71. The summed E-state index contributed by atoms with van der Waals surface area (Å²) >= 11 is 8.18. The van der Waals surface area contributed by atoms with Gasteiger partial charge >= 0.3 is 0 Å². The summed E-state index contributed by atoms with van der Waals surface area (Å²) in [5.41, 5.74) is 8.64. The van der Waals surface area contributed by atoms with Crippen LogP contribution in [0.15, 0.2) is 76.5 Å². The van der Waals surface area contributed by atoms with E-state index in [0.29, 0.717) is 34.3 Å². The molecule has 2 N–H and O–H groups in total. The summed E-state index contributed by atoms with van der Waals surface area (Å²) in [5.74, 6) is 0.436. The molecule has 190 valence electrons. The molecule has 0 spiro atoms. The van der Waals surface area contributed by atoms with Gasteiger partial charge in [0.2, 0.25) is 5.95 Å². The van der Waals surface area contributed by atoms with Crippen molar-refractivity contribution in [3.8, 4) is 22.4 Å². The summed E-state index contributed by atoms with van der Waals surface area (Å²) in [6.07, 6.45) is 5.00. The van der Waals surface area contributed by atoms with Crippen molar-refractivity contribution in [2.45, 2.75) is 19.9 Å². The maximum atomic E-state index is 13.5. The van der Waals surface area contributed by atoms with Gasteiger partial charge in [0.15, 0.2) is 0 Å². The number of hydrogen-bond acceptors (Lipinski definition) is 7. The van der Waals surface area contributed by atoms with E-state index in [0.717, 1.165) is 41.8 Å². The maximum absolute atomic E-state index is 13.5. The number of rotatable bonds is 6. The molecule has 5 aromatic rings. The first-order valence-electron chi connectivity index (χ1n) is 12.5. The zero-order chi connectivity index (χ0) is 26.1. The molecule has 3 aromatic heterocycles. The number of aromatic nitrogens is 4. The van der Waals surface area contributed by atoms with E-state index in [9.17, 15) is 4.79 Å². The molecule has 1 aliphatic heterocycles. The lowest BCUT2D eigenvalue weighted by molar-refractivity contribution is 0.738. The minimum atomic E-state index is -0.146. The largest absolute Gasteiger partial charge is 0.324 e. The van der Waals surface area contributed by atoms with Gasteiger partial charge < -0.3 is 10.6 Å². The molecular formula is C29H25ClN6OS. The van der Waals surface area contributed by atoms with Crippen LogP contribution in [-0.4, -0.2) is 32.6 Å². The highest BCUT2D eigenvalue weighted by atomic mass is 35.5. The molecule has 4 heterocycles. The smallest absolute Gasteiger partial charge is 0.260 e. The molecule has 0 aliphatic carbocycles. The highest BCUT2D eigenvalue weighted by Gasteiger charge is 2.16. The molecule has 0 radical (unpaired) electrons. The van der Waals surface area contributed by atoms with Crippen LogP contribution in [0.3, 0.4) is 0 Å². The molecule has 0 saturated heterocycles. The van der Waals surface area contributed by atoms with Gasteiger partial charge in [0.1, 0.15) is 5.65 Å². The fourth-order valence-electron chi connectivity index (χ4n) is 4.73. The number of hydrogen-bond donors (Lipinski definition) is 2. The Bertz CT molecular complexity index is 1710. The molecular weight excluding hydrogens is 516 g/mol. The van der Waals surface area contributed by atoms with Gasteiger partial charge in [-0.1, -0.05) is 41.9 Å². The fourth-order valence-corrected chi connectivity index (χ4v) is 5.58. The zero-order valence-electron chi connectivity index (χ0n) is 20.7. The van der Waals surface area contributed by atoms with Crippen LogP contribution in [0.5, 0.6) is 0 Å². The second-order valence-corrected chi connectivity index (χ2v) is 10.2. The number of pyridine rings is 1. The highest BCUT2D eigenvalue weighted by molar-refractivity contribution is 7.07. The normalized spacial score (nSPS) is 13.5. The summed E-state index contributed by atoms with van der Waals surface area (Å²) in [5, 5.41) is 9.85. The van der Waals surface area contributed by atoms with Crippen LogP contribution in [0.4, 0.5) is 11.6 Å². The summed E-state index contributed by atoms with van der Waals surface area (Å²) < 4.78 is 1.66. The van der Waals surface area contributed by atoms with Crippen molar-refractivity contribution in [2.75, 3.05) is 18.4 Å². The highest BCUT2D eigenvalue weighted by Crippen LogP contribution is 2.32. The van der Waals surface area contributed by atoms with Crippen molar-refractivity contribution in [3.05, 3.63) is 92.6 Å². The van der Waals surface area contributed by atoms with Gasteiger partial charge in [0.25, 0.3) is 5.56 Å². The lowest BCUT2D eigenvalue weighted by atomic mass is 10.0. The maximum Gasteiger partial charge on any atom is 0.260 e. The molecule has 2 aromatic carbocycles. The second-order valence-electron chi connectivity index (χ2n) is 9.03. The first-order chi connectivity index (χ1) is 18.6. The number of halogens is 1. The molecule has 7 nitrogen and oxygen atoms in total. The molecule has 0 unspecified atom stereocenters. The number of benzene rings is 2. The van der Waals surface area contributed by atoms with Gasteiger partial charge in [0.05, 0.1) is 11.2 Å². The molecule has 9 heteroatoms. The molecule has 1 aliphatic rings. The van der Waals surface area contributed by atoms with Crippen LogP contribution in [0, 0.1) is 0 Å². The lowest BCUT2D eigenvalue weighted by Crippen LogP contribution is -2.22. The number of thiazole rings is 1. The Kier molecular flexibility index (Phi) is 6.76. The summed E-state index contributed by atoms with van der Waals surface area (Å²) in [7, 11) is 0. The van der Waals surface area contributed by atoms with E-state index in [4.69, 9.17) is 16.6 Å². The Labute approximate surface area is 228 Å². The van der Waals surface area contributed by atoms with E-state index in [-0.39, 0.29) is 5.56 Å². The first-order valence-corrected chi connectivity index (χ1v) is 13.8. The molecule has 6 rings (SSSR count). The lowest BCUT2D eigenvalue weighted by Gasteiger charge is -2.15. The summed E-state index contributed by atoms with van der Waals surface area (Å²) in [6, 6.07) is 15.8. The third kappa shape index (κ3) is 4.74. The Morgan fingerprint density at radius 2 is 1.92 bits per heavy atom. The average molecular weight is 541 g/mol.